The minimum absolute atomic E-state index is 0.199. The van der Waals surface area contributed by atoms with Crippen molar-refractivity contribution in [2.45, 2.75) is 39.5 Å². The molecular formula is C18H27O6. The van der Waals surface area contributed by atoms with Crippen molar-refractivity contribution in [1.29, 1.82) is 0 Å². The SMILES string of the molecule is CCCCC([CH]OOC(=O)c1ccc(OC)c(OC)c1OC)CC. The third-order valence-electron chi connectivity index (χ3n) is 3.75. The van der Waals surface area contributed by atoms with Crippen LogP contribution in [-0.2, 0) is 9.78 Å². The minimum atomic E-state index is -0.658. The number of ether oxygens (including phenoxy) is 3. The van der Waals surface area contributed by atoms with Crippen LogP contribution in [0.2, 0.25) is 0 Å². The lowest BCUT2D eigenvalue weighted by Crippen LogP contribution is -2.11. The van der Waals surface area contributed by atoms with Gasteiger partial charge in [0.2, 0.25) is 5.75 Å². The summed E-state index contributed by atoms with van der Waals surface area (Å²) < 4.78 is 15.7. The van der Waals surface area contributed by atoms with Crippen LogP contribution in [0.3, 0.4) is 0 Å². The summed E-state index contributed by atoms with van der Waals surface area (Å²) in [5, 5.41) is 0. The molecule has 1 aromatic carbocycles. The van der Waals surface area contributed by atoms with E-state index in [1.807, 2.05) is 0 Å². The predicted octanol–water partition coefficient (Wildman–Crippen LogP) is 4.18. The van der Waals surface area contributed by atoms with Crippen LogP contribution in [0.4, 0.5) is 0 Å². The molecule has 0 aliphatic heterocycles. The highest BCUT2D eigenvalue weighted by Gasteiger charge is 2.22. The van der Waals surface area contributed by atoms with Crippen LogP contribution in [0.1, 0.15) is 49.9 Å². The second kappa shape index (κ2) is 10.8. The molecule has 0 spiro atoms. The number of carbonyl (C=O) groups excluding carboxylic acids is 1. The quantitative estimate of drug-likeness (QED) is 0.445. The van der Waals surface area contributed by atoms with Gasteiger partial charge in [0.1, 0.15) is 12.2 Å². The van der Waals surface area contributed by atoms with E-state index in [-0.39, 0.29) is 17.2 Å². The summed E-state index contributed by atoms with van der Waals surface area (Å²) in [6.07, 6.45) is 4.16. The highest BCUT2D eigenvalue weighted by molar-refractivity contribution is 5.93. The van der Waals surface area contributed by atoms with Gasteiger partial charge in [-0.3, -0.25) is 4.89 Å². The van der Waals surface area contributed by atoms with Crippen LogP contribution < -0.4 is 14.2 Å². The van der Waals surface area contributed by atoms with E-state index in [2.05, 4.69) is 13.8 Å². The lowest BCUT2D eigenvalue weighted by Gasteiger charge is -2.15. The molecule has 0 fully saturated rings. The van der Waals surface area contributed by atoms with Gasteiger partial charge in [0.05, 0.1) is 21.3 Å². The molecule has 24 heavy (non-hydrogen) atoms. The summed E-state index contributed by atoms with van der Waals surface area (Å²) in [4.78, 5) is 22.1. The Morgan fingerprint density at radius 2 is 1.79 bits per heavy atom. The number of carbonyl (C=O) groups is 1. The number of hydrogen-bond donors (Lipinski definition) is 0. The fourth-order valence-electron chi connectivity index (χ4n) is 2.29. The van der Waals surface area contributed by atoms with Gasteiger partial charge in [-0.2, -0.15) is 4.89 Å². The lowest BCUT2D eigenvalue weighted by molar-refractivity contribution is -0.219. The van der Waals surface area contributed by atoms with Crippen LogP contribution in [0.5, 0.6) is 17.2 Å². The summed E-state index contributed by atoms with van der Waals surface area (Å²) in [5.41, 5.74) is 0.199. The summed E-state index contributed by atoms with van der Waals surface area (Å²) in [7, 11) is 4.42. The molecular weight excluding hydrogens is 312 g/mol. The first-order chi connectivity index (χ1) is 11.6. The molecule has 0 saturated heterocycles. The van der Waals surface area contributed by atoms with Crippen molar-refractivity contribution in [2.75, 3.05) is 21.3 Å². The first-order valence-corrected chi connectivity index (χ1v) is 8.12. The third-order valence-corrected chi connectivity index (χ3v) is 3.75. The maximum Gasteiger partial charge on any atom is 0.376 e. The molecule has 6 heteroatoms. The van der Waals surface area contributed by atoms with Crippen LogP contribution in [0.15, 0.2) is 12.1 Å². The molecule has 0 N–H and O–H groups in total. The third kappa shape index (κ3) is 5.30. The molecule has 1 atom stereocenters. The first-order valence-electron chi connectivity index (χ1n) is 8.12. The van der Waals surface area contributed by atoms with Crippen molar-refractivity contribution in [3.8, 4) is 17.2 Å². The maximum absolute atomic E-state index is 12.2. The molecule has 1 rings (SSSR count). The van der Waals surface area contributed by atoms with Crippen molar-refractivity contribution < 1.29 is 28.8 Å². The van der Waals surface area contributed by atoms with Crippen LogP contribution in [-0.4, -0.2) is 27.3 Å². The molecule has 0 heterocycles. The molecule has 1 aromatic rings. The number of benzene rings is 1. The zero-order chi connectivity index (χ0) is 17.9. The van der Waals surface area contributed by atoms with Crippen LogP contribution >= 0.6 is 0 Å². The first kappa shape index (κ1) is 20.1. The zero-order valence-corrected chi connectivity index (χ0v) is 15.1. The smallest absolute Gasteiger partial charge is 0.376 e. The molecule has 0 aliphatic carbocycles. The Morgan fingerprint density at radius 1 is 1.08 bits per heavy atom. The standard InChI is InChI=1S/C18H27O6/c1-6-8-9-13(7-2)12-23-24-18(19)14-10-11-15(20-3)17(22-5)16(14)21-4/h10-13H,6-9H2,1-5H3. The summed E-state index contributed by atoms with van der Waals surface area (Å²) in [6, 6.07) is 3.15. The Balaban J connectivity index is 2.74. The minimum Gasteiger partial charge on any atom is -0.493 e. The van der Waals surface area contributed by atoms with E-state index in [0.29, 0.717) is 11.5 Å². The van der Waals surface area contributed by atoms with Gasteiger partial charge in [-0.05, 0) is 24.5 Å². The molecule has 0 aromatic heterocycles. The van der Waals surface area contributed by atoms with Gasteiger partial charge in [0, 0.05) is 0 Å². The Bertz CT molecular complexity index is 514. The number of unbranched alkanes of at least 4 members (excludes halogenated alkanes) is 1. The van der Waals surface area contributed by atoms with Gasteiger partial charge in [0.15, 0.2) is 11.5 Å². The van der Waals surface area contributed by atoms with E-state index in [4.69, 9.17) is 24.0 Å². The average molecular weight is 339 g/mol. The summed E-state index contributed by atoms with van der Waals surface area (Å²) >= 11 is 0. The predicted molar refractivity (Wildman–Crippen MR) is 90.2 cm³/mol. The molecule has 0 saturated carbocycles. The topological polar surface area (TPSA) is 63.2 Å². The van der Waals surface area contributed by atoms with Gasteiger partial charge in [-0.25, -0.2) is 4.79 Å². The van der Waals surface area contributed by atoms with Crippen LogP contribution in [0, 0.1) is 12.5 Å². The van der Waals surface area contributed by atoms with Gasteiger partial charge < -0.3 is 14.2 Å². The fraction of sp³-hybridized carbons (Fsp3) is 0.556. The molecule has 0 amide bonds. The second-order valence-electron chi connectivity index (χ2n) is 5.30. The van der Waals surface area contributed by atoms with Crippen molar-refractivity contribution in [1.82, 2.24) is 0 Å². The largest absolute Gasteiger partial charge is 0.493 e. The van der Waals surface area contributed by atoms with Gasteiger partial charge in [-0.15, -0.1) is 0 Å². The lowest BCUT2D eigenvalue weighted by atomic mass is 10.0. The van der Waals surface area contributed by atoms with E-state index in [9.17, 15) is 4.79 Å². The summed E-state index contributed by atoms with van der Waals surface area (Å²) in [6.45, 7) is 5.77. The van der Waals surface area contributed by atoms with Gasteiger partial charge in [-0.1, -0.05) is 33.1 Å². The molecule has 135 valence electrons. The molecule has 6 nitrogen and oxygen atoms in total. The molecule has 0 bridgehead atoms. The van der Waals surface area contributed by atoms with Crippen molar-refractivity contribution in [3.05, 3.63) is 24.3 Å². The average Bonchev–Trinajstić information content (AvgIpc) is 2.62. The van der Waals surface area contributed by atoms with Crippen molar-refractivity contribution >= 4 is 5.97 Å². The number of methoxy groups -OCH3 is 3. The Kier molecular flexibility index (Phi) is 9.01. The monoisotopic (exact) mass is 339 g/mol. The van der Waals surface area contributed by atoms with E-state index in [1.165, 1.54) is 21.3 Å². The number of rotatable bonds is 11. The second-order valence-corrected chi connectivity index (χ2v) is 5.30. The Hall–Kier alpha value is -1.95. The van der Waals surface area contributed by atoms with Gasteiger partial charge in [0.25, 0.3) is 0 Å². The maximum atomic E-state index is 12.2. The molecule has 0 aliphatic rings. The van der Waals surface area contributed by atoms with Crippen molar-refractivity contribution in [2.24, 2.45) is 5.92 Å². The Labute approximate surface area is 143 Å². The normalized spacial score (nSPS) is 11.7. The van der Waals surface area contributed by atoms with Gasteiger partial charge >= 0.3 is 5.97 Å². The number of hydrogen-bond acceptors (Lipinski definition) is 6. The molecule has 1 radical (unpaired) electrons. The zero-order valence-electron chi connectivity index (χ0n) is 15.1. The van der Waals surface area contributed by atoms with Crippen LogP contribution in [0.25, 0.3) is 0 Å². The van der Waals surface area contributed by atoms with E-state index in [1.54, 1.807) is 18.7 Å². The van der Waals surface area contributed by atoms with E-state index >= 15 is 0 Å². The van der Waals surface area contributed by atoms with Crippen molar-refractivity contribution in [3.63, 3.8) is 0 Å². The van der Waals surface area contributed by atoms with E-state index in [0.717, 1.165) is 25.7 Å². The highest BCUT2D eigenvalue weighted by atomic mass is 17.2. The highest BCUT2D eigenvalue weighted by Crippen LogP contribution is 2.40. The molecule has 1 unspecified atom stereocenters. The Morgan fingerprint density at radius 3 is 2.33 bits per heavy atom. The fourth-order valence-corrected chi connectivity index (χ4v) is 2.29. The summed E-state index contributed by atoms with van der Waals surface area (Å²) in [5.74, 6) is 0.625. The van der Waals surface area contributed by atoms with E-state index < -0.39 is 5.97 Å².